The first-order valence-electron chi connectivity index (χ1n) is 5.71. The van der Waals surface area contributed by atoms with Crippen molar-refractivity contribution in [1.29, 1.82) is 0 Å². The van der Waals surface area contributed by atoms with Crippen molar-refractivity contribution in [3.05, 3.63) is 35.4 Å². The largest absolute Gasteiger partial charge is 0.489 e. The summed E-state index contributed by atoms with van der Waals surface area (Å²) in [6.07, 6.45) is 2.22. The number of ether oxygens (including phenoxy) is 1. The van der Waals surface area contributed by atoms with Crippen LogP contribution < -0.4 is 10.1 Å². The van der Waals surface area contributed by atoms with Crippen molar-refractivity contribution in [2.75, 3.05) is 13.2 Å². The van der Waals surface area contributed by atoms with Crippen LogP contribution >= 0.6 is 12.4 Å². The van der Waals surface area contributed by atoms with E-state index < -0.39 is 0 Å². The van der Waals surface area contributed by atoms with Crippen LogP contribution in [0.5, 0.6) is 5.75 Å². The van der Waals surface area contributed by atoms with Gasteiger partial charge in [-0.2, -0.15) is 0 Å². The van der Waals surface area contributed by atoms with Gasteiger partial charge in [0.05, 0.1) is 0 Å². The summed E-state index contributed by atoms with van der Waals surface area (Å²) in [5.41, 5.74) is 2.63. The predicted octanol–water partition coefficient (Wildman–Crippen LogP) is 3.27. The van der Waals surface area contributed by atoms with Gasteiger partial charge in [-0.1, -0.05) is 18.2 Å². The van der Waals surface area contributed by atoms with Crippen LogP contribution in [0.4, 0.5) is 0 Å². The zero-order chi connectivity index (χ0) is 11.6. The van der Waals surface area contributed by atoms with Gasteiger partial charge in [-0.05, 0) is 38.5 Å². The van der Waals surface area contributed by atoms with Crippen molar-refractivity contribution < 1.29 is 4.74 Å². The van der Waals surface area contributed by atoms with Gasteiger partial charge in [0.25, 0.3) is 0 Å². The Morgan fingerprint density at radius 3 is 2.65 bits per heavy atom. The molecule has 1 aliphatic rings. The van der Waals surface area contributed by atoms with E-state index in [9.17, 15) is 0 Å². The number of fused-ring (bicyclic) bond motifs is 1. The summed E-state index contributed by atoms with van der Waals surface area (Å²) in [4.78, 5) is 0. The molecule has 1 aromatic rings. The summed E-state index contributed by atoms with van der Waals surface area (Å²) in [6, 6.07) is 8.15. The lowest BCUT2D eigenvalue weighted by molar-refractivity contribution is 0.336. The first-order chi connectivity index (χ1) is 7.54. The highest BCUT2D eigenvalue weighted by atomic mass is 35.5. The fraction of sp³-hybridized carbons (Fsp3) is 0.429. The highest BCUT2D eigenvalue weighted by molar-refractivity contribution is 5.85. The number of halogens is 1. The highest BCUT2D eigenvalue weighted by Crippen LogP contribution is 2.25. The van der Waals surface area contributed by atoms with E-state index in [1.165, 1.54) is 11.1 Å². The lowest BCUT2D eigenvalue weighted by atomic mass is 10.1. The molecule has 0 aromatic heterocycles. The fourth-order valence-electron chi connectivity index (χ4n) is 1.64. The number of hydrogen-bond donors (Lipinski definition) is 1. The van der Waals surface area contributed by atoms with Crippen molar-refractivity contribution >= 4 is 18.5 Å². The van der Waals surface area contributed by atoms with Crippen molar-refractivity contribution in [1.82, 2.24) is 5.32 Å². The summed E-state index contributed by atoms with van der Waals surface area (Å²) in [6.45, 7) is 8.10. The Kier molecular flexibility index (Phi) is 4.61. The van der Waals surface area contributed by atoms with Gasteiger partial charge in [0.1, 0.15) is 12.4 Å². The molecule has 1 aliphatic heterocycles. The minimum Gasteiger partial charge on any atom is -0.489 e. The number of benzene rings is 1. The lowest BCUT2D eigenvalue weighted by Crippen LogP contribution is -2.38. The van der Waals surface area contributed by atoms with E-state index in [-0.39, 0.29) is 17.9 Å². The SMILES string of the molecule is CC(C)(C)NCC1=Cc2ccccc2OC1.Cl. The summed E-state index contributed by atoms with van der Waals surface area (Å²) in [5.74, 6) is 0.988. The summed E-state index contributed by atoms with van der Waals surface area (Å²) in [5, 5.41) is 3.47. The third kappa shape index (κ3) is 4.06. The van der Waals surface area contributed by atoms with Crippen molar-refractivity contribution in [2.45, 2.75) is 26.3 Å². The van der Waals surface area contributed by atoms with E-state index in [1.807, 2.05) is 18.2 Å². The van der Waals surface area contributed by atoms with Crippen LogP contribution in [-0.4, -0.2) is 18.7 Å². The average molecular weight is 254 g/mol. The fourth-order valence-corrected chi connectivity index (χ4v) is 1.64. The molecule has 0 bridgehead atoms. The summed E-state index contributed by atoms with van der Waals surface area (Å²) < 4.78 is 5.69. The van der Waals surface area contributed by atoms with Gasteiger partial charge in [0, 0.05) is 17.6 Å². The minimum absolute atomic E-state index is 0. The molecule has 1 heterocycles. The quantitative estimate of drug-likeness (QED) is 0.874. The molecule has 0 aliphatic carbocycles. The van der Waals surface area contributed by atoms with E-state index in [1.54, 1.807) is 0 Å². The van der Waals surface area contributed by atoms with Crippen molar-refractivity contribution in [2.24, 2.45) is 0 Å². The number of hydrogen-bond acceptors (Lipinski definition) is 2. The van der Waals surface area contributed by atoms with Gasteiger partial charge < -0.3 is 10.1 Å². The maximum atomic E-state index is 5.69. The third-order valence-electron chi connectivity index (χ3n) is 2.54. The molecule has 0 radical (unpaired) electrons. The zero-order valence-corrected chi connectivity index (χ0v) is 11.4. The molecule has 0 saturated heterocycles. The molecule has 0 spiro atoms. The lowest BCUT2D eigenvalue weighted by Gasteiger charge is -2.24. The molecule has 3 heteroatoms. The molecule has 2 rings (SSSR count). The molecule has 0 fully saturated rings. The second-order valence-corrected chi connectivity index (χ2v) is 5.23. The van der Waals surface area contributed by atoms with Gasteiger partial charge in [-0.25, -0.2) is 0 Å². The first kappa shape index (κ1) is 14.1. The van der Waals surface area contributed by atoms with Gasteiger partial charge in [0.2, 0.25) is 0 Å². The molecule has 94 valence electrons. The first-order valence-corrected chi connectivity index (χ1v) is 5.71. The summed E-state index contributed by atoms with van der Waals surface area (Å²) in [7, 11) is 0. The van der Waals surface area contributed by atoms with Crippen LogP contribution in [0, 0.1) is 0 Å². The third-order valence-corrected chi connectivity index (χ3v) is 2.54. The van der Waals surface area contributed by atoms with Crippen LogP contribution in [0.3, 0.4) is 0 Å². The van der Waals surface area contributed by atoms with E-state index >= 15 is 0 Å². The second kappa shape index (κ2) is 5.56. The zero-order valence-electron chi connectivity index (χ0n) is 10.6. The van der Waals surface area contributed by atoms with Gasteiger partial charge in [-0.15, -0.1) is 12.4 Å². The van der Waals surface area contributed by atoms with E-state index in [0.717, 1.165) is 12.3 Å². The molecule has 17 heavy (non-hydrogen) atoms. The molecule has 2 nitrogen and oxygen atoms in total. The van der Waals surface area contributed by atoms with Gasteiger partial charge >= 0.3 is 0 Å². The number of nitrogens with one attached hydrogen (secondary N) is 1. The molecule has 1 aromatic carbocycles. The normalized spacial score (nSPS) is 14.2. The topological polar surface area (TPSA) is 21.3 Å². The Bertz CT molecular complexity index is 407. The predicted molar refractivity (Wildman–Crippen MR) is 74.9 cm³/mol. The maximum absolute atomic E-state index is 5.69. The molecular weight excluding hydrogens is 234 g/mol. The van der Waals surface area contributed by atoms with Crippen LogP contribution in [-0.2, 0) is 0 Å². The van der Waals surface area contributed by atoms with Crippen molar-refractivity contribution in [3.63, 3.8) is 0 Å². The van der Waals surface area contributed by atoms with Crippen LogP contribution in [0.25, 0.3) is 6.08 Å². The Balaban J connectivity index is 0.00000144. The van der Waals surface area contributed by atoms with Crippen LogP contribution in [0.2, 0.25) is 0 Å². The molecular formula is C14H20ClNO. The Labute approximate surface area is 109 Å². The standard InChI is InChI=1S/C14H19NO.ClH/c1-14(2,3)15-9-11-8-12-6-4-5-7-13(12)16-10-11;/h4-8,15H,9-10H2,1-3H3;1H. The highest BCUT2D eigenvalue weighted by Gasteiger charge is 2.13. The number of para-hydroxylation sites is 1. The summed E-state index contributed by atoms with van der Waals surface area (Å²) >= 11 is 0. The Hall–Kier alpha value is -0.990. The molecule has 0 atom stereocenters. The second-order valence-electron chi connectivity index (χ2n) is 5.23. The van der Waals surface area contributed by atoms with Crippen molar-refractivity contribution in [3.8, 4) is 5.75 Å². The monoisotopic (exact) mass is 253 g/mol. The van der Waals surface area contributed by atoms with Gasteiger partial charge in [0.15, 0.2) is 0 Å². The maximum Gasteiger partial charge on any atom is 0.127 e. The molecule has 1 N–H and O–H groups in total. The molecule has 0 amide bonds. The molecule has 0 saturated carbocycles. The smallest absolute Gasteiger partial charge is 0.127 e. The van der Waals surface area contributed by atoms with Crippen LogP contribution in [0.15, 0.2) is 29.8 Å². The van der Waals surface area contributed by atoms with Crippen LogP contribution in [0.1, 0.15) is 26.3 Å². The Morgan fingerprint density at radius 2 is 1.94 bits per heavy atom. The van der Waals surface area contributed by atoms with E-state index in [0.29, 0.717) is 6.61 Å². The average Bonchev–Trinajstić information content (AvgIpc) is 2.25. The number of rotatable bonds is 2. The minimum atomic E-state index is 0. The van der Waals surface area contributed by atoms with Gasteiger partial charge in [-0.3, -0.25) is 0 Å². The Morgan fingerprint density at radius 1 is 1.24 bits per heavy atom. The molecule has 0 unspecified atom stereocenters. The van der Waals surface area contributed by atoms with E-state index in [4.69, 9.17) is 4.74 Å². The van der Waals surface area contributed by atoms with E-state index in [2.05, 4.69) is 38.2 Å².